The fourth-order valence-corrected chi connectivity index (χ4v) is 2.40. The van der Waals surface area contributed by atoms with Crippen molar-refractivity contribution in [3.8, 4) is 0 Å². The van der Waals surface area contributed by atoms with E-state index in [1.54, 1.807) is 0 Å². The van der Waals surface area contributed by atoms with Crippen LogP contribution in [0, 0.1) is 0 Å². The molecule has 0 aliphatic heterocycles. The molecule has 23 heavy (non-hydrogen) atoms. The van der Waals surface area contributed by atoms with Crippen molar-refractivity contribution < 1.29 is 14.7 Å². The minimum Gasteiger partial charge on any atom is -0.481 e. The lowest BCUT2D eigenvalue weighted by Crippen LogP contribution is -2.25. The Labute approximate surface area is 141 Å². The van der Waals surface area contributed by atoms with Gasteiger partial charge in [0, 0.05) is 13.0 Å². The zero-order valence-electron chi connectivity index (χ0n) is 14.8. The molecule has 4 heteroatoms. The Bertz CT molecular complexity index is 327. The van der Waals surface area contributed by atoms with E-state index in [1.165, 1.54) is 57.8 Å². The zero-order chi connectivity index (χ0) is 17.2. The quantitative estimate of drug-likeness (QED) is 0.315. The Balaban J connectivity index is 3.22. The van der Waals surface area contributed by atoms with Crippen molar-refractivity contribution in [1.29, 1.82) is 0 Å². The van der Waals surface area contributed by atoms with Gasteiger partial charge in [-0.1, -0.05) is 57.6 Å². The summed E-state index contributed by atoms with van der Waals surface area (Å²) in [6, 6.07) is 0. The third kappa shape index (κ3) is 18.6. The SMILES string of the molecule is CCCCCCC=CCCCCCCCC(=O)NCCC(=O)O. The summed E-state index contributed by atoms with van der Waals surface area (Å²) in [5, 5.41) is 11.1. The highest BCUT2D eigenvalue weighted by atomic mass is 16.4. The van der Waals surface area contributed by atoms with E-state index < -0.39 is 5.97 Å². The topological polar surface area (TPSA) is 66.4 Å². The van der Waals surface area contributed by atoms with Crippen LogP contribution in [0.2, 0.25) is 0 Å². The molecule has 0 aliphatic rings. The number of hydrogen-bond acceptors (Lipinski definition) is 2. The van der Waals surface area contributed by atoms with E-state index in [4.69, 9.17) is 5.11 Å². The van der Waals surface area contributed by atoms with Crippen molar-refractivity contribution in [1.82, 2.24) is 5.32 Å². The van der Waals surface area contributed by atoms with Crippen molar-refractivity contribution in [2.24, 2.45) is 0 Å². The highest BCUT2D eigenvalue weighted by Crippen LogP contribution is 2.08. The number of unbranched alkanes of at least 4 members (excludes halogenated alkanes) is 9. The van der Waals surface area contributed by atoms with Crippen molar-refractivity contribution in [3.05, 3.63) is 12.2 Å². The fourth-order valence-electron chi connectivity index (χ4n) is 2.40. The summed E-state index contributed by atoms with van der Waals surface area (Å²) in [6.07, 6.45) is 18.4. The summed E-state index contributed by atoms with van der Waals surface area (Å²) in [6.45, 7) is 2.47. The molecule has 0 saturated heterocycles. The van der Waals surface area contributed by atoms with E-state index in [9.17, 15) is 9.59 Å². The van der Waals surface area contributed by atoms with Crippen molar-refractivity contribution in [3.63, 3.8) is 0 Å². The van der Waals surface area contributed by atoms with Crippen LogP contribution in [0.5, 0.6) is 0 Å². The maximum Gasteiger partial charge on any atom is 0.305 e. The Morgan fingerprint density at radius 3 is 2.00 bits per heavy atom. The highest BCUT2D eigenvalue weighted by Gasteiger charge is 2.02. The Hall–Kier alpha value is -1.32. The van der Waals surface area contributed by atoms with Gasteiger partial charge in [0.2, 0.25) is 5.91 Å². The first-order chi connectivity index (χ1) is 11.2. The number of hydrogen-bond donors (Lipinski definition) is 2. The van der Waals surface area contributed by atoms with E-state index in [-0.39, 0.29) is 18.9 Å². The van der Waals surface area contributed by atoms with Crippen molar-refractivity contribution in [2.75, 3.05) is 6.54 Å². The molecule has 0 radical (unpaired) electrons. The maximum atomic E-state index is 11.4. The largest absolute Gasteiger partial charge is 0.481 e. The van der Waals surface area contributed by atoms with Crippen LogP contribution >= 0.6 is 0 Å². The molecule has 0 unspecified atom stereocenters. The van der Waals surface area contributed by atoms with Gasteiger partial charge in [-0.2, -0.15) is 0 Å². The summed E-state index contributed by atoms with van der Waals surface area (Å²) >= 11 is 0. The Morgan fingerprint density at radius 1 is 0.826 bits per heavy atom. The number of carboxylic acids is 1. The number of aliphatic carboxylic acids is 1. The Kier molecular flexibility index (Phi) is 16.1. The van der Waals surface area contributed by atoms with Gasteiger partial charge in [0.25, 0.3) is 0 Å². The molecule has 0 saturated carbocycles. The third-order valence-electron chi connectivity index (χ3n) is 3.83. The van der Waals surface area contributed by atoms with E-state index in [0.29, 0.717) is 6.42 Å². The average molecular weight is 325 g/mol. The molecule has 0 bridgehead atoms. The van der Waals surface area contributed by atoms with Crippen LogP contribution in [0.25, 0.3) is 0 Å². The van der Waals surface area contributed by atoms with E-state index in [1.807, 2.05) is 0 Å². The fraction of sp³-hybridized carbons (Fsp3) is 0.789. The minimum absolute atomic E-state index is 0.00212. The first-order valence-corrected chi connectivity index (χ1v) is 9.30. The number of amides is 1. The molecular formula is C19H35NO3. The van der Waals surface area contributed by atoms with Gasteiger partial charge in [-0.3, -0.25) is 9.59 Å². The molecule has 0 atom stereocenters. The van der Waals surface area contributed by atoms with E-state index in [2.05, 4.69) is 24.4 Å². The van der Waals surface area contributed by atoms with Crippen LogP contribution in [-0.2, 0) is 9.59 Å². The molecule has 0 aromatic carbocycles. The maximum absolute atomic E-state index is 11.4. The van der Waals surface area contributed by atoms with Crippen LogP contribution in [-0.4, -0.2) is 23.5 Å². The van der Waals surface area contributed by atoms with Crippen molar-refractivity contribution in [2.45, 2.75) is 90.4 Å². The van der Waals surface area contributed by atoms with Crippen LogP contribution in [0.1, 0.15) is 90.4 Å². The minimum atomic E-state index is -0.875. The number of allylic oxidation sites excluding steroid dienone is 2. The molecule has 0 aromatic rings. The molecule has 0 heterocycles. The molecule has 0 aromatic heterocycles. The van der Waals surface area contributed by atoms with Gasteiger partial charge in [0.05, 0.1) is 6.42 Å². The predicted molar refractivity (Wildman–Crippen MR) is 95.5 cm³/mol. The summed E-state index contributed by atoms with van der Waals surface area (Å²) in [5.41, 5.74) is 0. The number of carboxylic acid groups (broad SMARTS) is 1. The summed E-state index contributed by atoms with van der Waals surface area (Å²) in [4.78, 5) is 21.7. The molecule has 134 valence electrons. The Morgan fingerprint density at radius 2 is 1.39 bits per heavy atom. The van der Waals surface area contributed by atoms with Gasteiger partial charge in [-0.15, -0.1) is 0 Å². The summed E-state index contributed by atoms with van der Waals surface area (Å²) in [7, 11) is 0. The second-order valence-corrected chi connectivity index (χ2v) is 6.12. The van der Waals surface area contributed by atoms with Crippen LogP contribution in [0.3, 0.4) is 0 Å². The summed E-state index contributed by atoms with van der Waals surface area (Å²) < 4.78 is 0. The molecule has 0 fully saturated rings. The first kappa shape index (κ1) is 21.7. The third-order valence-corrected chi connectivity index (χ3v) is 3.83. The van der Waals surface area contributed by atoms with Gasteiger partial charge in [0.15, 0.2) is 0 Å². The second kappa shape index (κ2) is 17.0. The van der Waals surface area contributed by atoms with Gasteiger partial charge in [-0.05, 0) is 32.1 Å². The molecular weight excluding hydrogens is 290 g/mol. The molecule has 1 amide bonds. The molecule has 2 N–H and O–H groups in total. The van der Waals surface area contributed by atoms with E-state index >= 15 is 0 Å². The van der Waals surface area contributed by atoms with Crippen LogP contribution in [0.15, 0.2) is 12.2 Å². The lowest BCUT2D eigenvalue weighted by atomic mass is 10.1. The van der Waals surface area contributed by atoms with Gasteiger partial charge >= 0.3 is 5.97 Å². The predicted octanol–water partition coefficient (Wildman–Crippen LogP) is 4.83. The number of rotatable bonds is 16. The van der Waals surface area contributed by atoms with Gasteiger partial charge in [-0.25, -0.2) is 0 Å². The van der Waals surface area contributed by atoms with Crippen LogP contribution < -0.4 is 5.32 Å². The zero-order valence-corrected chi connectivity index (χ0v) is 14.8. The van der Waals surface area contributed by atoms with Gasteiger partial charge < -0.3 is 10.4 Å². The van der Waals surface area contributed by atoms with E-state index in [0.717, 1.165) is 12.8 Å². The van der Waals surface area contributed by atoms with Gasteiger partial charge in [0.1, 0.15) is 0 Å². The molecule has 4 nitrogen and oxygen atoms in total. The highest BCUT2D eigenvalue weighted by molar-refractivity contribution is 5.76. The number of carbonyl (C=O) groups excluding carboxylic acids is 1. The normalized spacial score (nSPS) is 11.0. The lowest BCUT2D eigenvalue weighted by Gasteiger charge is -2.03. The standard InChI is InChI=1S/C19H35NO3/c1-2-3-4-5-6-7-8-9-10-11-12-13-14-15-18(21)20-17-16-19(22)23/h7-8H,2-6,9-17H2,1H3,(H,20,21)(H,22,23). The van der Waals surface area contributed by atoms with Crippen molar-refractivity contribution >= 4 is 11.9 Å². The second-order valence-electron chi connectivity index (χ2n) is 6.12. The average Bonchev–Trinajstić information content (AvgIpc) is 2.51. The monoisotopic (exact) mass is 325 g/mol. The first-order valence-electron chi connectivity index (χ1n) is 9.30. The molecule has 0 aliphatic carbocycles. The molecule has 0 rings (SSSR count). The summed E-state index contributed by atoms with van der Waals surface area (Å²) in [5.74, 6) is -0.905. The number of carbonyl (C=O) groups is 2. The smallest absolute Gasteiger partial charge is 0.305 e. The van der Waals surface area contributed by atoms with Crippen LogP contribution in [0.4, 0.5) is 0 Å². The number of nitrogens with one attached hydrogen (secondary N) is 1. The molecule has 0 spiro atoms. The lowest BCUT2D eigenvalue weighted by molar-refractivity contribution is -0.136.